The van der Waals surface area contributed by atoms with Crippen LogP contribution in [0.5, 0.6) is 0 Å². The van der Waals surface area contributed by atoms with E-state index in [4.69, 9.17) is 5.84 Å². The first-order valence-corrected chi connectivity index (χ1v) is 6.54. The number of nitrogens with one attached hydrogen (secondary N) is 2. The van der Waals surface area contributed by atoms with E-state index in [0.29, 0.717) is 11.9 Å². The number of nitrogens with zero attached hydrogens (tertiary/aromatic N) is 2. The highest BCUT2D eigenvalue weighted by Crippen LogP contribution is 2.26. The monoisotopic (exact) mass is 251 g/mol. The second kappa shape index (κ2) is 5.29. The van der Waals surface area contributed by atoms with E-state index in [-0.39, 0.29) is 0 Å². The van der Waals surface area contributed by atoms with Gasteiger partial charge in [0.15, 0.2) is 0 Å². The number of hydrogen-bond donors (Lipinski definition) is 3. The fourth-order valence-corrected chi connectivity index (χ4v) is 2.30. The first kappa shape index (κ1) is 12.1. The molecule has 0 unspecified atom stereocenters. The maximum absolute atomic E-state index is 5.36. The van der Waals surface area contributed by atoms with Gasteiger partial charge in [-0.2, -0.15) is 4.98 Å². The maximum atomic E-state index is 5.36. The lowest BCUT2D eigenvalue weighted by Gasteiger charge is -2.09. The summed E-state index contributed by atoms with van der Waals surface area (Å²) in [5.41, 5.74) is 2.49. The smallest absolute Gasteiger partial charge is 0.240 e. The second-order valence-electron chi connectivity index (χ2n) is 4.29. The number of thiophene rings is 1. The van der Waals surface area contributed by atoms with Crippen LogP contribution in [0.1, 0.15) is 20.3 Å². The van der Waals surface area contributed by atoms with E-state index in [9.17, 15) is 0 Å². The highest BCUT2D eigenvalue weighted by molar-refractivity contribution is 7.16. The van der Waals surface area contributed by atoms with E-state index in [2.05, 4.69) is 34.6 Å². The Balaban J connectivity index is 2.21. The maximum Gasteiger partial charge on any atom is 0.240 e. The summed E-state index contributed by atoms with van der Waals surface area (Å²) in [6.45, 7) is 5.31. The zero-order valence-electron chi connectivity index (χ0n) is 10.0. The molecule has 0 aliphatic rings. The summed E-state index contributed by atoms with van der Waals surface area (Å²) in [5.74, 6) is 7.34. The zero-order valence-corrected chi connectivity index (χ0v) is 10.8. The summed E-state index contributed by atoms with van der Waals surface area (Å²) in [6.07, 6.45) is 1.11. The largest absolute Gasteiger partial charge is 0.369 e. The van der Waals surface area contributed by atoms with Crippen LogP contribution in [0.15, 0.2) is 11.4 Å². The highest BCUT2D eigenvalue weighted by Gasteiger charge is 2.07. The summed E-state index contributed by atoms with van der Waals surface area (Å²) in [6, 6.07) is 2.03. The summed E-state index contributed by atoms with van der Waals surface area (Å²) in [7, 11) is 0. The second-order valence-corrected chi connectivity index (χ2v) is 5.18. The van der Waals surface area contributed by atoms with Crippen molar-refractivity contribution in [1.82, 2.24) is 9.97 Å². The topological polar surface area (TPSA) is 75.9 Å². The van der Waals surface area contributed by atoms with Crippen LogP contribution in [0.2, 0.25) is 0 Å². The number of hydrazine groups is 1. The van der Waals surface area contributed by atoms with E-state index in [0.717, 1.165) is 29.0 Å². The van der Waals surface area contributed by atoms with Gasteiger partial charge in [0.25, 0.3) is 0 Å². The number of rotatable bonds is 5. The summed E-state index contributed by atoms with van der Waals surface area (Å²) in [5, 5.41) is 6.40. The molecule has 0 saturated heterocycles. The van der Waals surface area contributed by atoms with Crippen LogP contribution in [0.3, 0.4) is 0 Å². The van der Waals surface area contributed by atoms with Crippen molar-refractivity contribution in [3.8, 4) is 0 Å². The third-order valence-electron chi connectivity index (χ3n) is 2.47. The summed E-state index contributed by atoms with van der Waals surface area (Å²) in [4.78, 5) is 9.57. The van der Waals surface area contributed by atoms with Gasteiger partial charge in [0.1, 0.15) is 10.6 Å². The van der Waals surface area contributed by atoms with Crippen molar-refractivity contribution >= 4 is 33.3 Å². The van der Waals surface area contributed by atoms with Gasteiger partial charge in [-0.3, -0.25) is 5.43 Å². The van der Waals surface area contributed by atoms with Gasteiger partial charge in [0.05, 0.1) is 5.39 Å². The molecule has 0 amide bonds. The van der Waals surface area contributed by atoms with Crippen molar-refractivity contribution in [3.05, 3.63) is 11.4 Å². The Labute approximate surface area is 104 Å². The molecule has 0 aliphatic carbocycles. The quantitative estimate of drug-likeness (QED) is 0.562. The lowest BCUT2D eigenvalue weighted by molar-refractivity contribution is 0.607. The van der Waals surface area contributed by atoms with E-state index in [1.807, 2.05) is 11.4 Å². The van der Waals surface area contributed by atoms with Crippen LogP contribution in [-0.2, 0) is 0 Å². The van der Waals surface area contributed by atoms with Crippen molar-refractivity contribution in [3.63, 3.8) is 0 Å². The number of nitrogen functional groups attached to an aromatic ring is 1. The molecule has 0 radical (unpaired) electrons. The SMILES string of the molecule is CC(C)CCNc1nc(NN)nc2sccc12. The molecule has 17 heavy (non-hydrogen) atoms. The minimum Gasteiger partial charge on any atom is -0.369 e. The van der Waals surface area contributed by atoms with Gasteiger partial charge in [-0.1, -0.05) is 13.8 Å². The average molecular weight is 251 g/mol. The normalized spacial score (nSPS) is 11.1. The van der Waals surface area contributed by atoms with E-state index in [1.165, 1.54) is 0 Å². The van der Waals surface area contributed by atoms with Gasteiger partial charge < -0.3 is 5.32 Å². The number of hydrogen-bond acceptors (Lipinski definition) is 6. The van der Waals surface area contributed by atoms with E-state index < -0.39 is 0 Å². The average Bonchev–Trinajstić information content (AvgIpc) is 2.76. The van der Waals surface area contributed by atoms with Crippen LogP contribution in [0.4, 0.5) is 11.8 Å². The van der Waals surface area contributed by atoms with Crippen molar-refractivity contribution in [2.45, 2.75) is 20.3 Å². The van der Waals surface area contributed by atoms with Gasteiger partial charge >= 0.3 is 0 Å². The van der Waals surface area contributed by atoms with Crippen LogP contribution < -0.4 is 16.6 Å². The zero-order chi connectivity index (χ0) is 12.3. The molecule has 2 rings (SSSR count). The van der Waals surface area contributed by atoms with Crippen LogP contribution in [0.25, 0.3) is 10.2 Å². The lowest BCUT2D eigenvalue weighted by Crippen LogP contribution is -2.13. The molecule has 0 atom stereocenters. The Kier molecular flexibility index (Phi) is 3.75. The highest BCUT2D eigenvalue weighted by atomic mass is 32.1. The van der Waals surface area contributed by atoms with Gasteiger partial charge in [0.2, 0.25) is 5.95 Å². The van der Waals surface area contributed by atoms with Crippen LogP contribution in [0, 0.1) is 5.92 Å². The Morgan fingerprint density at radius 3 is 2.94 bits per heavy atom. The molecule has 6 heteroatoms. The summed E-state index contributed by atoms with van der Waals surface area (Å²) >= 11 is 1.58. The molecule has 0 aromatic carbocycles. The number of anilines is 2. The first-order chi connectivity index (χ1) is 8.20. The molecular weight excluding hydrogens is 234 g/mol. The van der Waals surface area contributed by atoms with Crippen LogP contribution in [-0.4, -0.2) is 16.5 Å². The Morgan fingerprint density at radius 2 is 2.24 bits per heavy atom. The van der Waals surface area contributed by atoms with Gasteiger partial charge in [0, 0.05) is 6.54 Å². The van der Waals surface area contributed by atoms with Gasteiger partial charge in [-0.05, 0) is 23.8 Å². The van der Waals surface area contributed by atoms with Gasteiger partial charge in [-0.25, -0.2) is 10.8 Å². The minimum absolute atomic E-state index is 0.451. The number of aromatic nitrogens is 2. The van der Waals surface area contributed by atoms with Crippen molar-refractivity contribution in [2.75, 3.05) is 17.3 Å². The van der Waals surface area contributed by atoms with Crippen molar-refractivity contribution in [2.24, 2.45) is 11.8 Å². The van der Waals surface area contributed by atoms with E-state index >= 15 is 0 Å². The van der Waals surface area contributed by atoms with Gasteiger partial charge in [-0.15, -0.1) is 11.3 Å². The molecule has 0 spiro atoms. The standard InChI is InChI=1S/C11H17N5S/c1-7(2)3-5-13-9-8-4-6-17-10(8)15-11(14-9)16-12/h4,6-7H,3,5,12H2,1-2H3,(H2,13,14,15,16). The predicted molar refractivity (Wildman–Crippen MR) is 73.2 cm³/mol. The fourth-order valence-electron chi connectivity index (χ4n) is 1.53. The molecule has 2 aromatic heterocycles. The molecule has 2 heterocycles. The molecule has 92 valence electrons. The first-order valence-electron chi connectivity index (χ1n) is 5.66. The molecule has 0 bridgehead atoms. The Morgan fingerprint density at radius 1 is 1.41 bits per heavy atom. The molecular formula is C11H17N5S. The third kappa shape index (κ3) is 2.83. The molecule has 0 saturated carbocycles. The third-order valence-corrected chi connectivity index (χ3v) is 3.27. The Bertz CT molecular complexity index is 494. The summed E-state index contributed by atoms with van der Waals surface area (Å²) < 4.78 is 0. The van der Waals surface area contributed by atoms with Crippen molar-refractivity contribution in [1.29, 1.82) is 0 Å². The van der Waals surface area contributed by atoms with Crippen LogP contribution >= 0.6 is 11.3 Å². The molecule has 0 aliphatic heterocycles. The minimum atomic E-state index is 0.451. The molecule has 0 fully saturated rings. The number of fused-ring (bicyclic) bond motifs is 1. The predicted octanol–water partition coefficient (Wildman–Crippen LogP) is 2.43. The molecule has 4 N–H and O–H groups in total. The van der Waals surface area contributed by atoms with E-state index in [1.54, 1.807) is 11.3 Å². The lowest BCUT2D eigenvalue weighted by atomic mass is 10.1. The number of nitrogens with two attached hydrogens (primary N) is 1. The fraction of sp³-hybridized carbons (Fsp3) is 0.455. The van der Waals surface area contributed by atoms with Crippen molar-refractivity contribution < 1.29 is 0 Å². The molecule has 5 nitrogen and oxygen atoms in total. The molecule has 2 aromatic rings. The Hall–Kier alpha value is -1.40.